The second kappa shape index (κ2) is 6.45. The van der Waals surface area contributed by atoms with E-state index in [1.54, 1.807) is 13.8 Å². The summed E-state index contributed by atoms with van der Waals surface area (Å²) in [6.07, 6.45) is -3.38. The van der Waals surface area contributed by atoms with Gasteiger partial charge in [0.05, 0.1) is 5.56 Å². The second-order valence-corrected chi connectivity index (χ2v) is 3.98. The van der Waals surface area contributed by atoms with Crippen LogP contribution in [0, 0.1) is 0 Å². The number of alkyl halides is 3. The summed E-state index contributed by atoms with van der Waals surface area (Å²) in [5.41, 5.74) is 0.429. The van der Waals surface area contributed by atoms with Crippen LogP contribution in [0.5, 0.6) is 5.75 Å². The average Bonchev–Trinajstić information content (AvgIpc) is 2.38. The zero-order valence-corrected chi connectivity index (χ0v) is 11.3. The number of hydrogen-bond acceptors (Lipinski definition) is 2. The molecule has 0 atom stereocenters. The predicted octanol–water partition coefficient (Wildman–Crippen LogP) is 3.71. The van der Waals surface area contributed by atoms with Crippen molar-refractivity contribution >= 4 is 12.0 Å². The lowest BCUT2D eigenvalue weighted by atomic mass is 10.1. The molecule has 0 N–H and O–H groups in total. The van der Waals surface area contributed by atoms with Gasteiger partial charge in [-0.05, 0) is 31.5 Å². The molecular formula is C14H16F3NO2. The highest BCUT2D eigenvalue weighted by Crippen LogP contribution is 2.28. The molecule has 6 heteroatoms. The number of rotatable bonds is 5. The summed E-state index contributed by atoms with van der Waals surface area (Å²) in [6.45, 7) is 7.84. The van der Waals surface area contributed by atoms with Crippen molar-refractivity contribution in [2.75, 3.05) is 13.1 Å². The van der Waals surface area contributed by atoms with Crippen LogP contribution in [0.1, 0.15) is 29.8 Å². The number of benzene rings is 1. The second-order valence-electron chi connectivity index (χ2n) is 3.98. The van der Waals surface area contributed by atoms with Gasteiger partial charge in [-0.3, -0.25) is 4.79 Å². The molecule has 1 aromatic rings. The van der Waals surface area contributed by atoms with Gasteiger partial charge in [-0.2, -0.15) is 0 Å². The minimum Gasteiger partial charge on any atom is -0.405 e. The Balaban J connectivity index is 3.25. The molecule has 20 heavy (non-hydrogen) atoms. The minimum atomic E-state index is -4.84. The Bertz CT molecular complexity index is 494. The topological polar surface area (TPSA) is 29.5 Å². The first-order valence-corrected chi connectivity index (χ1v) is 6.13. The van der Waals surface area contributed by atoms with Crippen molar-refractivity contribution in [3.63, 3.8) is 0 Å². The molecule has 1 amide bonds. The van der Waals surface area contributed by atoms with Gasteiger partial charge in [-0.1, -0.05) is 18.7 Å². The maximum Gasteiger partial charge on any atom is 0.573 e. The zero-order valence-electron chi connectivity index (χ0n) is 11.3. The third kappa shape index (κ3) is 4.01. The smallest absolute Gasteiger partial charge is 0.405 e. The van der Waals surface area contributed by atoms with Crippen LogP contribution in [-0.4, -0.2) is 30.3 Å². The first-order chi connectivity index (χ1) is 9.32. The van der Waals surface area contributed by atoms with E-state index in [2.05, 4.69) is 11.3 Å². The molecule has 0 saturated heterocycles. The molecule has 0 aliphatic carbocycles. The molecule has 0 saturated carbocycles. The van der Waals surface area contributed by atoms with Crippen molar-refractivity contribution in [1.29, 1.82) is 0 Å². The van der Waals surface area contributed by atoms with E-state index < -0.39 is 18.0 Å². The van der Waals surface area contributed by atoms with E-state index in [0.717, 1.165) is 6.07 Å². The quantitative estimate of drug-likeness (QED) is 0.826. The van der Waals surface area contributed by atoms with Crippen molar-refractivity contribution in [2.45, 2.75) is 20.2 Å². The van der Waals surface area contributed by atoms with Gasteiger partial charge in [0.1, 0.15) is 5.75 Å². The van der Waals surface area contributed by atoms with Crippen LogP contribution >= 0.6 is 0 Å². The van der Waals surface area contributed by atoms with E-state index in [-0.39, 0.29) is 5.56 Å². The normalized spacial score (nSPS) is 11.1. The van der Waals surface area contributed by atoms with Crippen molar-refractivity contribution in [1.82, 2.24) is 4.90 Å². The van der Waals surface area contributed by atoms with Gasteiger partial charge < -0.3 is 9.64 Å². The predicted molar refractivity (Wildman–Crippen MR) is 70.5 cm³/mol. The summed E-state index contributed by atoms with van der Waals surface area (Å²) in [7, 11) is 0. The molecule has 3 nitrogen and oxygen atoms in total. The third-order valence-corrected chi connectivity index (χ3v) is 2.75. The number of carbonyl (C=O) groups is 1. The molecule has 1 aromatic carbocycles. The fourth-order valence-corrected chi connectivity index (χ4v) is 1.74. The summed E-state index contributed by atoms with van der Waals surface area (Å²) < 4.78 is 41.0. The van der Waals surface area contributed by atoms with Gasteiger partial charge in [0.2, 0.25) is 0 Å². The number of ether oxygens (including phenoxy) is 1. The first-order valence-electron chi connectivity index (χ1n) is 6.13. The fourth-order valence-electron chi connectivity index (χ4n) is 1.74. The molecule has 0 fully saturated rings. The molecule has 110 valence electrons. The molecule has 0 heterocycles. The summed E-state index contributed by atoms with van der Waals surface area (Å²) in [5.74, 6) is -1.00. The molecule has 0 bridgehead atoms. The van der Waals surface area contributed by atoms with Crippen molar-refractivity contribution < 1.29 is 22.7 Å². The number of halogens is 3. The Kier molecular flexibility index (Phi) is 5.19. The van der Waals surface area contributed by atoms with Crippen LogP contribution in [0.3, 0.4) is 0 Å². The van der Waals surface area contributed by atoms with Gasteiger partial charge in [0, 0.05) is 13.1 Å². The first kappa shape index (κ1) is 16.1. The Morgan fingerprint density at radius 1 is 1.35 bits per heavy atom. The highest BCUT2D eigenvalue weighted by Gasteiger charge is 2.33. The van der Waals surface area contributed by atoms with Crippen molar-refractivity contribution in [2.24, 2.45) is 0 Å². The summed E-state index contributed by atoms with van der Waals surface area (Å²) >= 11 is 0. The van der Waals surface area contributed by atoms with E-state index in [4.69, 9.17) is 0 Å². The Hall–Kier alpha value is -1.98. The monoisotopic (exact) mass is 287 g/mol. The maximum absolute atomic E-state index is 12.4. The molecule has 0 aliphatic rings. The molecular weight excluding hydrogens is 271 g/mol. The number of nitrogens with zero attached hydrogens (tertiary/aromatic N) is 1. The summed E-state index contributed by atoms with van der Waals surface area (Å²) in [4.78, 5) is 13.6. The Morgan fingerprint density at radius 2 is 1.95 bits per heavy atom. The highest BCUT2D eigenvalue weighted by molar-refractivity contribution is 5.97. The fraction of sp³-hybridized carbons (Fsp3) is 0.357. The standard InChI is InChI=1S/C14H16F3NO2/c1-4-10-7-8-12(20-14(15,16)17)11(9-10)13(19)18(5-2)6-3/h4,7-9H,1,5-6H2,2-3H3. The lowest BCUT2D eigenvalue weighted by Crippen LogP contribution is -2.31. The summed E-state index contributed by atoms with van der Waals surface area (Å²) in [6, 6.07) is 3.88. The molecule has 0 spiro atoms. The number of carbonyl (C=O) groups excluding carboxylic acids is 1. The van der Waals surface area contributed by atoms with E-state index >= 15 is 0 Å². The van der Waals surface area contributed by atoms with Gasteiger partial charge in [-0.15, -0.1) is 13.2 Å². The van der Waals surface area contributed by atoms with Gasteiger partial charge >= 0.3 is 6.36 Å². The summed E-state index contributed by atoms with van der Waals surface area (Å²) in [5, 5.41) is 0. The van der Waals surface area contributed by atoms with E-state index in [9.17, 15) is 18.0 Å². The van der Waals surface area contributed by atoms with Crippen molar-refractivity contribution in [3.8, 4) is 5.75 Å². The minimum absolute atomic E-state index is 0.122. The molecule has 0 radical (unpaired) electrons. The van der Waals surface area contributed by atoms with E-state index in [1.807, 2.05) is 0 Å². The van der Waals surface area contributed by atoms with Crippen LogP contribution in [0.25, 0.3) is 6.08 Å². The largest absolute Gasteiger partial charge is 0.573 e. The zero-order chi connectivity index (χ0) is 15.3. The number of amides is 1. The van der Waals surface area contributed by atoms with Crippen LogP contribution in [0.4, 0.5) is 13.2 Å². The van der Waals surface area contributed by atoms with E-state index in [0.29, 0.717) is 18.7 Å². The molecule has 0 aliphatic heterocycles. The average molecular weight is 287 g/mol. The van der Waals surface area contributed by atoms with Crippen LogP contribution < -0.4 is 4.74 Å². The van der Waals surface area contributed by atoms with Crippen molar-refractivity contribution in [3.05, 3.63) is 35.9 Å². The Morgan fingerprint density at radius 3 is 2.40 bits per heavy atom. The van der Waals surface area contributed by atoms with Gasteiger partial charge in [0.15, 0.2) is 0 Å². The lowest BCUT2D eigenvalue weighted by Gasteiger charge is -2.21. The third-order valence-electron chi connectivity index (χ3n) is 2.75. The van der Waals surface area contributed by atoms with Crippen LogP contribution in [-0.2, 0) is 0 Å². The Labute approximate surface area is 115 Å². The van der Waals surface area contributed by atoms with Gasteiger partial charge in [-0.25, -0.2) is 0 Å². The number of hydrogen-bond donors (Lipinski definition) is 0. The molecule has 0 aromatic heterocycles. The highest BCUT2D eigenvalue weighted by atomic mass is 19.4. The maximum atomic E-state index is 12.4. The lowest BCUT2D eigenvalue weighted by molar-refractivity contribution is -0.274. The van der Waals surface area contributed by atoms with Crippen LogP contribution in [0.2, 0.25) is 0 Å². The van der Waals surface area contributed by atoms with Gasteiger partial charge in [0.25, 0.3) is 5.91 Å². The molecule has 0 unspecified atom stereocenters. The molecule has 1 rings (SSSR count). The van der Waals surface area contributed by atoms with E-state index in [1.165, 1.54) is 23.1 Å². The van der Waals surface area contributed by atoms with Crippen LogP contribution in [0.15, 0.2) is 24.8 Å². The SMILES string of the molecule is C=Cc1ccc(OC(F)(F)F)c(C(=O)N(CC)CC)c1.